The highest BCUT2D eigenvalue weighted by Crippen LogP contribution is 2.27. The summed E-state index contributed by atoms with van der Waals surface area (Å²) in [7, 11) is 0. The van der Waals surface area contributed by atoms with Gasteiger partial charge in [0.05, 0.1) is 4.92 Å². The maximum Gasteiger partial charge on any atom is 0.327 e. The van der Waals surface area contributed by atoms with Gasteiger partial charge in [0.15, 0.2) is 0 Å². The first-order valence-electron chi connectivity index (χ1n) is 6.06. The zero-order chi connectivity index (χ0) is 13.8. The average Bonchev–Trinajstić information content (AvgIpc) is 2.82. The Labute approximate surface area is 115 Å². The summed E-state index contributed by atoms with van der Waals surface area (Å²) in [4.78, 5) is 24.5. The lowest BCUT2D eigenvalue weighted by molar-refractivity contribution is -0.387. The van der Waals surface area contributed by atoms with Crippen LogP contribution < -0.4 is 4.72 Å². The van der Waals surface area contributed by atoms with Gasteiger partial charge in [-0.05, 0) is 37.8 Å². The van der Waals surface area contributed by atoms with Crippen molar-refractivity contribution < 1.29 is 9.72 Å². The fraction of sp³-hybridized carbons (Fsp3) is 0.417. The van der Waals surface area contributed by atoms with Crippen LogP contribution in [0.4, 0.5) is 10.5 Å². The molecule has 0 aliphatic carbocycles. The van der Waals surface area contributed by atoms with Crippen LogP contribution in [0.25, 0.3) is 0 Å². The Hall–Kier alpha value is -1.76. The molecule has 1 heterocycles. The Kier molecular flexibility index (Phi) is 4.26. The van der Waals surface area contributed by atoms with Crippen molar-refractivity contribution >= 4 is 23.7 Å². The number of para-hydroxylation sites is 1. The molecule has 1 aromatic rings. The summed E-state index contributed by atoms with van der Waals surface area (Å²) in [5.74, 6) is 0. The van der Waals surface area contributed by atoms with Gasteiger partial charge in [0.1, 0.15) is 4.90 Å². The van der Waals surface area contributed by atoms with Crippen molar-refractivity contribution in [3.63, 3.8) is 0 Å². The quantitative estimate of drug-likeness (QED) is 0.525. The maximum atomic E-state index is 11.9. The first-order valence-corrected chi connectivity index (χ1v) is 6.88. The minimum absolute atomic E-state index is 0.00210. The molecular formula is C12H15N3O3S. The van der Waals surface area contributed by atoms with E-state index in [0.29, 0.717) is 4.90 Å². The van der Waals surface area contributed by atoms with Gasteiger partial charge in [0, 0.05) is 18.7 Å². The van der Waals surface area contributed by atoms with Gasteiger partial charge in [0.2, 0.25) is 0 Å². The summed E-state index contributed by atoms with van der Waals surface area (Å²) in [5, 5.41) is 10.8. The second-order valence-electron chi connectivity index (χ2n) is 4.42. The van der Waals surface area contributed by atoms with E-state index >= 15 is 0 Å². The van der Waals surface area contributed by atoms with Crippen molar-refractivity contribution in [2.45, 2.75) is 30.7 Å². The summed E-state index contributed by atoms with van der Waals surface area (Å²) in [5.41, 5.74) is 0.00210. The Morgan fingerprint density at radius 1 is 1.53 bits per heavy atom. The lowest BCUT2D eigenvalue weighted by atomic mass is 10.2. The number of urea groups is 1. The van der Waals surface area contributed by atoms with Crippen LogP contribution in [0.3, 0.4) is 0 Å². The number of hydrogen-bond acceptors (Lipinski definition) is 4. The smallest absolute Gasteiger partial charge is 0.321 e. The number of nitro benzene ring substituents is 1. The normalized spacial score (nSPS) is 18.4. The molecule has 1 aliphatic rings. The highest BCUT2D eigenvalue weighted by molar-refractivity contribution is 7.98. The second-order valence-corrected chi connectivity index (χ2v) is 5.27. The summed E-state index contributed by atoms with van der Waals surface area (Å²) < 4.78 is 2.67. The van der Waals surface area contributed by atoms with Crippen molar-refractivity contribution in [3.8, 4) is 0 Å². The molecule has 19 heavy (non-hydrogen) atoms. The molecule has 1 aromatic carbocycles. The molecule has 6 nitrogen and oxygen atoms in total. The Morgan fingerprint density at radius 2 is 2.26 bits per heavy atom. The van der Waals surface area contributed by atoms with Gasteiger partial charge in [-0.3, -0.25) is 14.8 Å². The molecule has 0 saturated carbocycles. The Bertz CT molecular complexity index is 495. The molecule has 102 valence electrons. The summed E-state index contributed by atoms with van der Waals surface area (Å²) >= 11 is 0.989. The molecular weight excluding hydrogens is 266 g/mol. The largest absolute Gasteiger partial charge is 0.327 e. The van der Waals surface area contributed by atoms with E-state index in [4.69, 9.17) is 0 Å². The zero-order valence-corrected chi connectivity index (χ0v) is 11.4. The standard InChI is InChI=1S/C12H15N3O3S/c1-9-5-4-8-14(9)12(16)13-19-11-7-3-2-6-10(11)15(17)18/h2-3,6-7,9H,4-5,8H2,1H3,(H,13,16)/t9-/m1/s1. The van der Waals surface area contributed by atoms with Gasteiger partial charge in [0.25, 0.3) is 5.69 Å². The summed E-state index contributed by atoms with van der Waals surface area (Å²) in [6, 6.07) is 6.40. The SMILES string of the molecule is C[C@@H]1CCCN1C(=O)NSc1ccccc1[N+](=O)[O-]. The van der Waals surface area contributed by atoms with Crippen molar-refractivity contribution in [1.29, 1.82) is 0 Å². The van der Waals surface area contributed by atoms with E-state index in [1.54, 1.807) is 23.1 Å². The number of nitro groups is 1. The van der Waals surface area contributed by atoms with Crippen molar-refractivity contribution in [2.75, 3.05) is 6.54 Å². The number of carbonyl (C=O) groups is 1. The summed E-state index contributed by atoms with van der Waals surface area (Å²) in [6.07, 6.45) is 2.01. The lowest BCUT2D eigenvalue weighted by Crippen LogP contribution is -2.38. The van der Waals surface area contributed by atoms with E-state index in [9.17, 15) is 14.9 Å². The van der Waals surface area contributed by atoms with Crippen LogP contribution in [-0.2, 0) is 0 Å². The number of benzene rings is 1. The first kappa shape index (κ1) is 13.7. The van der Waals surface area contributed by atoms with Crippen LogP contribution in [-0.4, -0.2) is 28.4 Å². The molecule has 1 aliphatic heterocycles. The zero-order valence-electron chi connectivity index (χ0n) is 10.5. The van der Waals surface area contributed by atoms with E-state index in [2.05, 4.69) is 4.72 Å². The van der Waals surface area contributed by atoms with Crippen LogP contribution >= 0.6 is 11.9 Å². The van der Waals surface area contributed by atoms with Crippen molar-refractivity contribution in [1.82, 2.24) is 9.62 Å². The number of carbonyl (C=O) groups excluding carboxylic acids is 1. The van der Waals surface area contributed by atoms with Gasteiger partial charge in [-0.15, -0.1) is 0 Å². The van der Waals surface area contributed by atoms with Crippen LogP contribution in [0.1, 0.15) is 19.8 Å². The van der Waals surface area contributed by atoms with E-state index in [1.165, 1.54) is 6.07 Å². The summed E-state index contributed by atoms with van der Waals surface area (Å²) in [6.45, 7) is 2.74. The molecule has 0 spiro atoms. The molecule has 0 unspecified atom stereocenters. The molecule has 0 bridgehead atoms. The minimum atomic E-state index is -0.451. The van der Waals surface area contributed by atoms with Crippen molar-refractivity contribution in [3.05, 3.63) is 34.4 Å². The van der Waals surface area contributed by atoms with E-state index < -0.39 is 4.92 Å². The van der Waals surface area contributed by atoms with Crippen LogP contribution in [0.2, 0.25) is 0 Å². The highest BCUT2D eigenvalue weighted by Gasteiger charge is 2.25. The molecule has 7 heteroatoms. The monoisotopic (exact) mass is 281 g/mol. The van der Waals surface area contributed by atoms with Crippen LogP contribution in [0, 0.1) is 10.1 Å². The van der Waals surface area contributed by atoms with E-state index in [-0.39, 0.29) is 17.8 Å². The van der Waals surface area contributed by atoms with Gasteiger partial charge in [-0.1, -0.05) is 12.1 Å². The molecule has 2 rings (SSSR count). The number of amides is 2. The first-order chi connectivity index (χ1) is 9.09. The van der Waals surface area contributed by atoms with Gasteiger partial charge in [-0.2, -0.15) is 0 Å². The van der Waals surface area contributed by atoms with E-state index in [0.717, 1.165) is 31.3 Å². The predicted molar refractivity (Wildman–Crippen MR) is 72.9 cm³/mol. The van der Waals surface area contributed by atoms with Crippen LogP contribution in [0.5, 0.6) is 0 Å². The molecule has 0 radical (unpaired) electrons. The third-order valence-electron chi connectivity index (χ3n) is 3.12. The van der Waals surface area contributed by atoms with E-state index in [1.807, 2.05) is 6.92 Å². The Balaban J connectivity index is 1.99. The number of nitrogens with one attached hydrogen (secondary N) is 1. The molecule has 1 atom stereocenters. The number of likely N-dealkylation sites (tertiary alicyclic amines) is 1. The third kappa shape index (κ3) is 3.17. The molecule has 2 amide bonds. The van der Waals surface area contributed by atoms with Gasteiger partial charge >= 0.3 is 6.03 Å². The minimum Gasteiger partial charge on any atom is -0.321 e. The number of rotatable bonds is 3. The van der Waals surface area contributed by atoms with Gasteiger partial charge in [-0.25, -0.2) is 4.79 Å². The molecule has 1 saturated heterocycles. The fourth-order valence-corrected chi connectivity index (χ4v) is 2.79. The maximum absolute atomic E-state index is 11.9. The van der Waals surface area contributed by atoms with Crippen molar-refractivity contribution in [2.24, 2.45) is 0 Å². The molecule has 0 aromatic heterocycles. The molecule has 1 N–H and O–H groups in total. The predicted octanol–water partition coefficient (Wildman–Crippen LogP) is 2.80. The van der Waals surface area contributed by atoms with Crippen LogP contribution in [0.15, 0.2) is 29.2 Å². The topological polar surface area (TPSA) is 75.5 Å². The third-order valence-corrected chi connectivity index (χ3v) is 3.97. The Morgan fingerprint density at radius 3 is 2.89 bits per heavy atom. The number of hydrogen-bond donors (Lipinski definition) is 1. The second kappa shape index (κ2) is 5.92. The molecule has 1 fully saturated rings. The number of nitrogens with zero attached hydrogens (tertiary/aromatic N) is 2. The average molecular weight is 281 g/mol. The van der Waals surface area contributed by atoms with Gasteiger partial charge < -0.3 is 4.90 Å². The fourth-order valence-electron chi connectivity index (χ4n) is 2.09. The highest BCUT2D eigenvalue weighted by atomic mass is 32.2. The lowest BCUT2D eigenvalue weighted by Gasteiger charge is -2.21.